The number of amides is 2. The Morgan fingerprint density at radius 3 is 2.39 bits per heavy atom. The molecule has 0 radical (unpaired) electrons. The molecule has 0 saturated heterocycles. The molecule has 0 N–H and O–H groups in total. The SMILES string of the molecule is CCOC(=O)C(=O)N(C(=O)c1cn(C)nc1C(F)F)c1ccccc1CCC(C)C(F)(F)F. The number of para-hydroxylation sites is 1. The first-order valence-corrected chi connectivity index (χ1v) is 9.90. The molecule has 12 heteroatoms. The number of hydrogen-bond donors (Lipinski definition) is 0. The summed E-state index contributed by atoms with van der Waals surface area (Å²) in [6.45, 7) is 2.20. The Kier molecular flexibility index (Phi) is 8.29. The number of imide groups is 1. The van der Waals surface area contributed by atoms with Gasteiger partial charge in [0.05, 0.1) is 23.8 Å². The Morgan fingerprint density at radius 1 is 1.18 bits per heavy atom. The van der Waals surface area contributed by atoms with Gasteiger partial charge < -0.3 is 4.74 Å². The second kappa shape index (κ2) is 10.5. The quantitative estimate of drug-likeness (QED) is 0.340. The van der Waals surface area contributed by atoms with Crippen LogP contribution < -0.4 is 4.90 Å². The van der Waals surface area contributed by atoms with Gasteiger partial charge in [0.2, 0.25) is 0 Å². The first-order chi connectivity index (χ1) is 15.4. The molecule has 0 aliphatic heterocycles. The molecule has 0 aliphatic rings. The molecular formula is C21H22F5N3O4. The first-order valence-electron chi connectivity index (χ1n) is 9.90. The fourth-order valence-corrected chi connectivity index (χ4v) is 3.02. The number of carbonyl (C=O) groups is 3. The molecule has 0 spiro atoms. The maximum Gasteiger partial charge on any atom is 0.397 e. The Hall–Kier alpha value is -3.31. The average molecular weight is 475 g/mol. The van der Waals surface area contributed by atoms with E-state index in [4.69, 9.17) is 0 Å². The largest absolute Gasteiger partial charge is 0.459 e. The van der Waals surface area contributed by atoms with E-state index in [1.807, 2.05) is 0 Å². The van der Waals surface area contributed by atoms with E-state index in [-0.39, 0.29) is 30.7 Å². The summed E-state index contributed by atoms with van der Waals surface area (Å²) in [5.41, 5.74) is -1.61. The molecular weight excluding hydrogens is 453 g/mol. The first kappa shape index (κ1) is 25.9. The topological polar surface area (TPSA) is 81.5 Å². The average Bonchev–Trinajstić information content (AvgIpc) is 3.14. The van der Waals surface area contributed by atoms with Crippen LogP contribution in [-0.4, -0.2) is 40.3 Å². The highest BCUT2D eigenvalue weighted by atomic mass is 19.4. The number of benzene rings is 1. The van der Waals surface area contributed by atoms with Crippen molar-refractivity contribution in [2.24, 2.45) is 13.0 Å². The number of halogens is 5. The molecule has 33 heavy (non-hydrogen) atoms. The van der Waals surface area contributed by atoms with Crippen LogP contribution in [0.15, 0.2) is 30.5 Å². The van der Waals surface area contributed by atoms with Gasteiger partial charge in [-0.2, -0.15) is 18.3 Å². The summed E-state index contributed by atoms with van der Waals surface area (Å²) >= 11 is 0. The standard InChI is InChI=1S/C21H22F5N3O4/c1-4-33-20(32)19(31)29(18(30)14-11-28(3)27-16(14)17(22)23)15-8-6-5-7-13(15)10-9-12(2)21(24,25)26/h5-8,11-12,17H,4,9-10H2,1-3H3. The lowest BCUT2D eigenvalue weighted by molar-refractivity contribution is -0.170. The predicted molar refractivity (Wildman–Crippen MR) is 107 cm³/mol. The molecule has 180 valence electrons. The normalized spacial score (nSPS) is 12.5. The molecule has 2 rings (SSSR count). The van der Waals surface area contributed by atoms with Crippen molar-refractivity contribution in [2.75, 3.05) is 11.5 Å². The summed E-state index contributed by atoms with van der Waals surface area (Å²) < 4.78 is 71.3. The van der Waals surface area contributed by atoms with Crippen LogP contribution in [0.2, 0.25) is 0 Å². The van der Waals surface area contributed by atoms with E-state index < -0.39 is 47.6 Å². The van der Waals surface area contributed by atoms with Crippen molar-refractivity contribution in [2.45, 2.75) is 39.3 Å². The number of rotatable bonds is 7. The minimum atomic E-state index is -4.45. The lowest BCUT2D eigenvalue weighted by Gasteiger charge is -2.23. The maximum absolute atomic E-state index is 13.4. The molecule has 2 aromatic rings. The third-order valence-corrected chi connectivity index (χ3v) is 4.79. The molecule has 1 atom stereocenters. The summed E-state index contributed by atoms with van der Waals surface area (Å²) in [4.78, 5) is 38.5. The number of aromatic nitrogens is 2. The van der Waals surface area contributed by atoms with Crippen molar-refractivity contribution in [1.29, 1.82) is 0 Å². The van der Waals surface area contributed by atoms with Gasteiger partial charge in [-0.15, -0.1) is 0 Å². The molecule has 1 aromatic carbocycles. The van der Waals surface area contributed by atoms with Crippen molar-refractivity contribution >= 4 is 23.5 Å². The molecule has 2 amide bonds. The van der Waals surface area contributed by atoms with Crippen molar-refractivity contribution in [3.63, 3.8) is 0 Å². The number of ether oxygens (including phenoxy) is 1. The van der Waals surface area contributed by atoms with Gasteiger partial charge >= 0.3 is 18.1 Å². The minimum Gasteiger partial charge on any atom is -0.459 e. The van der Waals surface area contributed by atoms with Crippen LogP contribution in [0.4, 0.5) is 27.6 Å². The van der Waals surface area contributed by atoms with E-state index in [0.29, 0.717) is 4.90 Å². The maximum atomic E-state index is 13.4. The lowest BCUT2D eigenvalue weighted by atomic mass is 9.98. The highest BCUT2D eigenvalue weighted by molar-refractivity contribution is 6.45. The highest BCUT2D eigenvalue weighted by Gasteiger charge is 2.37. The highest BCUT2D eigenvalue weighted by Crippen LogP contribution is 2.32. The molecule has 1 aromatic heterocycles. The molecule has 1 heterocycles. The fourth-order valence-electron chi connectivity index (χ4n) is 3.02. The van der Waals surface area contributed by atoms with Crippen LogP contribution >= 0.6 is 0 Å². The molecule has 0 aliphatic carbocycles. The fraction of sp³-hybridized carbons (Fsp3) is 0.429. The van der Waals surface area contributed by atoms with Gasteiger partial charge in [-0.25, -0.2) is 18.5 Å². The Balaban J connectivity index is 2.56. The minimum absolute atomic E-state index is 0.141. The zero-order valence-corrected chi connectivity index (χ0v) is 18.0. The second-order valence-corrected chi connectivity index (χ2v) is 7.18. The number of alkyl halides is 5. The Bertz CT molecular complexity index is 1020. The Morgan fingerprint density at radius 2 is 1.82 bits per heavy atom. The molecule has 0 saturated carbocycles. The number of esters is 1. The lowest BCUT2D eigenvalue weighted by Crippen LogP contribution is -2.43. The van der Waals surface area contributed by atoms with Crippen LogP contribution in [0.1, 0.15) is 48.3 Å². The molecule has 1 unspecified atom stereocenters. The van der Waals surface area contributed by atoms with E-state index >= 15 is 0 Å². The van der Waals surface area contributed by atoms with Crippen molar-refractivity contribution in [3.05, 3.63) is 47.3 Å². The van der Waals surface area contributed by atoms with Crippen LogP contribution in [0, 0.1) is 5.92 Å². The zero-order valence-electron chi connectivity index (χ0n) is 18.0. The number of anilines is 1. The number of nitrogens with zero attached hydrogens (tertiary/aromatic N) is 3. The summed E-state index contributed by atoms with van der Waals surface area (Å²) in [5, 5.41) is 3.52. The van der Waals surface area contributed by atoms with Gasteiger partial charge in [-0.3, -0.25) is 14.3 Å². The smallest absolute Gasteiger partial charge is 0.397 e. The second-order valence-electron chi connectivity index (χ2n) is 7.18. The van der Waals surface area contributed by atoms with Gasteiger partial charge in [-0.1, -0.05) is 25.1 Å². The number of carbonyl (C=O) groups excluding carboxylic acids is 3. The van der Waals surface area contributed by atoms with Gasteiger partial charge in [0.15, 0.2) is 0 Å². The van der Waals surface area contributed by atoms with Gasteiger partial charge in [0.1, 0.15) is 5.69 Å². The zero-order chi connectivity index (χ0) is 24.9. The van der Waals surface area contributed by atoms with E-state index in [1.54, 1.807) is 0 Å². The van der Waals surface area contributed by atoms with Crippen LogP contribution in [0.25, 0.3) is 0 Å². The third kappa shape index (κ3) is 6.14. The van der Waals surface area contributed by atoms with E-state index in [2.05, 4.69) is 9.84 Å². The van der Waals surface area contributed by atoms with E-state index in [0.717, 1.165) is 17.8 Å². The van der Waals surface area contributed by atoms with Crippen LogP contribution in [0.3, 0.4) is 0 Å². The van der Waals surface area contributed by atoms with E-state index in [1.165, 1.54) is 38.2 Å². The number of aryl methyl sites for hydroxylation is 2. The molecule has 0 fully saturated rings. The van der Waals surface area contributed by atoms with Crippen molar-refractivity contribution in [3.8, 4) is 0 Å². The third-order valence-electron chi connectivity index (χ3n) is 4.79. The van der Waals surface area contributed by atoms with Crippen LogP contribution in [0.5, 0.6) is 0 Å². The van der Waals surface area contributed by atoms with Gasteiger partial charge in [-0.05, 0) is 31.4 Å². The Labute approximate surface area is 186 Å². The monoisotopic (exact) mass is 475 g/mol. The van der Waals surface area contributed by atoms with Gasteiger partial charge in [0.25, 0.3) is 12.3 Å². The summed E-state index contributed by atoms with van der Waals surface area (Å²) in [7, 11) is 1.28. The summed E-state index contributed by atoms with van der Waals surface area (Å²) in [5.74, 6) is -5.86. The summed E-state index contributed by atoms with van der Waals surface area (Å²) in [6.07, 6.45) is -7.22. The van der Waals surface area contributed by atoms with E-state index in [9.17, 15) is 36.3 Å². The van der Waals surface area contributed by atoms with Crippen molar-refractivity contribution < 1.29 is 41.1 Å². The molecule has 7 nitrogen and oxygen atoms in total. The summed E-state index contributed by atoms with van der Waals surface area (Å²) in [6, 6.07) is 5.49. The van der Waals surface area contributed by atoms with Crippen LogP contribution in [-0.2, 0) is 27.8 Å². The van der Waals surface area contributed by atoms with Gasteiger partial charge in [0, 0.05) is 13.2 Å². The number of hydrogen-bond acceptors (Lipinski definition) is 5. The predicted octanol–water partition coefficient (Wildman–Crippen LogP) is 4.23. The van der Waals surface area contributed by atoms with Crippen molar-refractivity contribution in [1.82, 2.24) is 9.78 Å². The molecule has 0 bridgehead atoms.